The van der Waals surface area contributed by atoms with E-state index in [9.17, 15) is 5.11 Å². The highest BCUT2D eigenvalue weighted by Gasteiger charge is 2.30. The van der Waals surface area contributed by atoms with Crippen LogP contribution in [0.4, 0.5) is 0 Å². The number of hydrogen-bond donors (Lipinski definition) is 1. The number of aliphatic hydroxyl groups is 1. The Kier molecular flexibility index (Phi) is 3.24. The molecular weight excluding hydrogens is 240 g/mol. The van der Waals surface area contributed by atoms with Crippen molar-refractivity contribution in [3.05, 3.63) is 34.3 Å². The molecule has 0 spiro atoms. The van der Waals surface area contributed by atoms with E-state index in [0.717, 1.165) is 12.3 Å². The molecule has 14 heavy (non-hydrogen) atoms. The SMILES string of the molecule is OCC(Cc1ccccc1Br)C1CC1. The number of rotatable bonds is 4. The van der Waals surface area contributed by atoms with E-state index in [1.807, 2.05) is 6.07 Å². The molecule has 1 aliphatic rings. The van der Waals surface area contributed by atoms with Gasteiger partial charge < -0.3 is 5.11 Å². The lowest BCUT2D eigenvalue weighted by molar-refractivity contribution is 0.209. The van der Waals surface area contributed by atoms with Gasteiger partial charge in [-0.15, -0.1) is 0 Å². The van der Waals surface area contributed by atoms with Crippen LogP contribution < -0.4 is 0 Å². The van der Waals surface area contributed by atoms with Gasteiger partial charge in [-0.05, 0) is 42.7 Å². The Morgan fingerprint density at radius 2 is 2.07 bits per heavy atom. The van der Waals surface area contributed by atoms with Crippen LogP contribution in [0.15, 0.2) is 28.7 Å². The molecule has 0 bridgehead atoms. The van der Waals surface area contributed by atoms with Gasteiger partial charge in [0.25, 0.3) is 0 Å². The minimum atomic E-state index is 0.325. The van der Waals surface area contributed by atoms with Gasteiger partial charge >= 0.3 is 0 Å². The zero-order valence-electron chi connectivity index (χ0n) is 8.12. The molecule has 0 aliphatic heterocycles. The van der Waals surface area contributed by atoms with Gasteiger partial charge in [0.2, 0.25) is 0 Å². The van der Waals surface area contributed by atoms with Crippen molar-refractivity contribution in [2.75, 3.05) is 6.61 Å². The Balaban J connectivity index is 2.04. The van der Waals surface area contributed by atoms with Crippen molar-refractivity contribution in [1.82, 2.24) is 0 Å². The minimum absolute atomic E-state index is 0.325. The maximum absolute atomic E-state index is 9.27. The predicted octanol–water partition coefficient (Wildman–Crippen LogP) is 3.01. The van der Waals surface area contributed by atoms with Crippen LogP contribution in [0.1, 0.15) is 18.4 Å². The summed E-state index contributed by atoms with van der Waals surface area (Å²) in [6.45, 7) is 0.325. The van der Waals surface area contributed by atoms with E-state index in [1.165, 1.54) is 22.9 Å². The third kappa shape index (κ3) is 2.37. The predicted molar refractivity (Wildman–Crippen MR) is 61.1 cm³/mol. The molecule has 1 fully saturated rings. The maximum Gasteiger partial charge on any atom is 0.0465 e. The monoisotopic (exact) mass is 254 g/mol. The van der Waals surface area contributed by atoms with E-state index >= 15 is 0 Å². The van der Waals surface area contributed by atoms with Gasteiger partial charge in [0.1, 0.15) is 0 Å². The van der Waals surface area contributed by atoms with Crippen molar-refractivity contribution in [3.63, 3.8) is 0 Å². The van der Waals surface area contributed by atoms with Gasteiger partial charge in [-0.1, -0.05) is 34.1 Å². The second-order valence-electron chi connectivity index (χ2n) is 4.08. The summed E-state index contributed by atoms with van der Waals surface area (Å²) >= 11 is 3.54. The fourth-order valence-electron chi connectivity index (χ4n) is 1.89. The molecular formula is C12H15BrO. The standard InChI is InChI=1S/C12H15BrO/c13-12-4-2-1-3-10(12)7-11(8-14)9-5-6-9/h1-4,9,11,14H,5-8H2. The summed E-state index contributed by atoms with van der Waals surface area (Å²) in [4.78, 5) is 0. The lowest BCUT2D eigenvalue weighted by Crippen LogP contribution is -2.12. The van der Waals surface area contributed by atoms with Crippen LogP contribution in [-0.4, -0.2) is 11.7 Å². The van der Waals surface area contributed by atoms with Gasteiger partial charge in [-0.3, -0.25) is 0 Å². The van der Waals surface area contributed by atoms with Crippen LogP contribution in [0.5, 0.6) is 0 Å². The van der Waals surface area contributed by atoms with E-state index in [4.69, 9.17) is 0 Å². The molecule has 1 N–H and O–H groups in total. The van der Waals surface area contributed by atoms with Crippen LogP contribution in [0.2, 0.25) is 0 Å². The first-order valence-electron chi connectivity index (χ1n) is 5.15. The van der Waals surface area contributed by atoms with E-state index in [1.54, 1.807) is 0 Å². The number of aliphatic hydroxyl groups excluding tert-OH is 1. The topological polar surface area (TPSA) is 20.2 Å². The maximum atomic E-state index is 9.27. The molecule has 0 heterocycles. The van der Waals surface area contributed by atoms with Crippen molar-refractivity contribution in [2.45, 2.75) is 19.3 Å². The van der Waals surface area contributed by atoms with Crippen molar-refractivity contribution in [2.24, 2.45) is 11.8 Å². The summed E-state index contributed by atoms with van der Waals surface area (Å²) in [5.74, 6) is 1.24. The Morgan fingerprint density at radius 1 is 1.36 bits per heavy atom. The molecule has 1 atom stereocenters. The normalized spacial score (nSPS) is 18.1. The van der Waals surface area contributed by atoms with Gasteiger partial charge in [0.05, 0.1) is 0 Å². The lowest BCUT2D eigenvalue weighted by atomic mass is 9.96. The van der Waals surface area contributed by atoms with Gasteiger partial charge in [0, 0.05) is 11.1 Å². The fraction of sp³-hybridized carbons (Fsp3) is 0.500. The van der Waals surface area contributed by atoms with Crippen molar-refractivity contribution in [1.29, 1.82) is 0 Å². The number of halogens is 1. The molecule has 0 amide bonds. The average molecular weight is 255 g/mol. The first kappa shape index (κ1) is 10.2. The third-order valence-corrected chi connectivity index (χ3v) is 3.74. The molecule has 0 saturated heterocycles. The zero-order valence-corrected chi connectivity index (χ0v) is 9.70. The van der Waals surface area contributed by atoms with E-state index in [2.05, 4.69) is 34.1 Å². The molecule has 1 aromatic carbocycles. The van der Waals surface area contributed by atoms with Crippen molar-refractivity contribution in [3.8, 4) is 0 Å². The van der Waals surface area contributed by atoms with Crippen LogP contribution in [0.3, 0.4) is 0 Å². The van der Waals surface area contributed by atoms with Crippen LogP contribution in [0.25, 0.3) is 0 Å². The second-order valence-corrected chi connectivity index (χ2v) is 4.93. The largest absolute Gasteiger partial charge is 0.396 e. The highest BCUT2D eigenvalue weighted by atomic mass is 79.9. The van der Waals surface area contributed by atoms with Gasteiger partial charge in [0.15, 0.2) is 0 Å². The molecule has 1 aliphatic carbocycles. The summed E-state index contributed by atoms with van der Waals surface area (Å²) in [5.41, 5.74) is 1.32. The van der Waals surface area contributed by atoms with E-state index in [0.29, 0.717) is 12.5 Å². The average Bonchev–Trinajstić information content (AvgIpc) is 3.00. The Bertz CT molecular complexity index is 307. The first-order valence-corrected chi connectivity index (χ1v) is 5.95. The lowest BCUT2D eigenvalue weighted by Gasteiger charge is -2.13. The summed E-state index contributed by atoms with van der Waals surface area (Å²) in [5, 5.41) is 9.27. The number of hydrogen-bond acceptors (Lipinski definition) is 1. The Hall–Kier alpha value is -0.340. The van der Waals surface area contributed by atoms with E-state index in [-0.39, 0.29) is 0 Å². The smallest absolute Gasteiger partial charge is 0.0465 e. The first-order chi connectivity index (χ1) is 6.81. The van der Waals surface area contributed by atoms with Crippen molar-refractivity contribution < 1.29 is 5.11 Å². The highest BCUT2D eigenvalue weighted by molar-refractivity contribution is 9.10. The quantitative estimate of drug-likeness (QED) is 0.876. The second kappa shape index (κ2) is 4.45. The molecule has 0 radical (unpaired) electrons. The molecule has 1 saturated carbocycles. The molecule has 2 heteroatoms. The van der Waals surface area contributed by atoms with E-state index < -0.39 is 0 Å². The van der Waals surface area contributed by atoms with Crippen LogP contribution in [-0.2, 0) is 6.42 Å². The summed E-state index contributed by atoms with van der Waals surface area (Å²) in [6, 6.07) is 8.28. The molecule has 1 nitrogen and oxygen atoms in total. The Morgan fingerprint density at radius 3 is 2.64 bits per heavy atom. The van der Waals surface area contributed by atoms with Crippen LogP contribution in [0, 0.1) is 11.8 Å². The minimum Gasteiger partial charge on any atom is -0.396 e. The van der Waals surface area contributed by atoms with Crippen LogP contribution >= 0.6 is 15.9 Å². The molecule has 76 valence electrons. The van der Waals surface area contributed by atoms with Crippen molar-refractivity contribution >= 4 is 15.9 Å². The highest BCUT2D eigenvalue weighted by Crippen LogP contribution is 2.38. The fourth-order valence-corrected chi connectivity index (χ4v) is 2.34. The zero-order chi connectivity index (χ0) is 9.97. The summed E-state index contributed by atoms with van der Waals surface area (Å²) < 4.78 is 1.17. The van der Waals surface area contributed by atoms with Gasteiger partial charge in [-0.2, -0.15) is 0 Å². The molecule has 1 unspecified atom stereocenters. The third-order valence-electron chi connectivity index (χ3n) is 2.96. The summed E-state index contributed by atoms with van der Waals surface area (Å²) in [7, 11) is 0. The molecule has 1 aromatic rings. The molecule has 0 aromatic heterocycles. The summed E-state index contributed by atoms with van der Waals surface area (Å²) in [6.07, 6.45) is 3.61. The number of benzene rings is 1. The molecule has 2 rings (SSSR count). The van der Waals surface area contributed by atoms with Gasteiger partial charge in [-0.25, -0.2) is 0 Å². The Labute approximate surface area is 93.3 Å².